The Morgan fingerprint density at radius 1 is 1.50 bits per heavy atom. The normalized spacial score (nSPS) is 19.6. The fraction of sp³-hybridized carbons (Fsp3) is 0.429. The predicted molar refractivity (Wildman–Crippen MR) is 83.4 cm³/mol. The molecule has 0 spiro atoms. The van der Waals surface area contributed by atoms with Crippen LogP contribution in [0.3, 0.4) is 0 Å². The number of aromatic nitrogens is 2. The van der Waals surface area contributed by atoms with Gasteiger partial charge in [-0.15, -0.1) is 11.3 Å². The molecule has 2 aromatic rings. The number of carbonyl (C=O) groups excluding carboxylic acids is 1. The Balaban J connectivity index is 1.78. The highest BCUT2D eigenvalue weighted by Crippen LogP contribution is 2.30. The summed E-state index contributed by atoms with van der Waals surface area (Å²) in [4.78, 5) is 12.3. The minimum Gasteiger partial charge on any atom is -0.294 e. The zero-order valence-electron chi connectivity index (χ0n) is 12.2. The van der Waals surface area contributed by atoms with E-state index in [0.717, 1.165) is 12.8 Å². The first-order valence-electron chi connectivity index (χ1n) is 7.05. The summed E-state index contributed by atoms with van der Waals surface area (Å²) >= 11 is 1.21. The maximum absolute atomic E-state index is 12.6. The predicted octanol–water partition coefficient (Wildman–Crippen LogP) is 1.91. The van der Waals surface area contributed by atoms with Crippen LogP contribution in [-0.4, -0.2) is 40.9 Å². The van der Waals surface area contributed by atoms with Crippen LogP contribution in [0, 0.1) is 0 Å². The van der Waals surface area contributed by atoms with Crippen LogP contribution >= 0.6 is 11.3 Å². The van der Waals surface area contributed by atoms with Gasteiger partial charge in [-0.25, -0.2) is 8.42 Å². The van der Waals surface area contributed by atoms with Crippen LogP contribution in [0.25, 0.3) is 0 Å². The summed E-state index contributed by atoms with van der Waals surface area (Å²) in [5, 5.41) is 5.74. The number of carbonyl (C=O) groups is 1. The summed E-state index contributed by atoms with van der Waals surface area (Å²) in [5.74, 6) is -0.0635. The molecule has 0 aromatic carbocycles. The smallest absolute Gasteiger partial charge is 0.252 e. The number of hydrogen-bond acceptors (Lipinski definition) is 5. The molecular weight excluding hydrogens is 322 g/mol. The van der Waals surface area contributed by atoms with Gasteiger partial charge >= 0.3 is 0 Å². The second kappa shape index (κ2) is 5.94. The molecule has 2 aromatic heterocycles. The Morgan fingerprint density at radius 2 is 2.32 bits per heavy atom. The van der Waals surface area contributed by atoms with E-state index in [4.69, 9.17) is 0 Å². The Morgan fingerprint density at radius 3 is 2.95 bits per heavy atom. The van der Waals surface area contributed by atoms with E-state index in [1.807, 2.05) is 0 Å². The third-order valence-electron chi connectivity index (χ3n) is 3.83. The molecule has 0 unspecified atom stereocenters. The molecule has 6 nitrogen and oxygen atoms in total. The Kier molecular flexibility index (Phi) is 4.16. The van der Waals surface area contributed by atoms with E-state index >= 15 is 0 Å². The highest BCUT2D eigenvalue weighted by atomic mass is 32.2. The van der Waals surface area contributed by atoms with Crippen LogP contribution < -0.4 is 0 Å². The average molecular weight is 339 g/mol. The SMILES string of the molecule is Cn1cc(C(=O)C[C@@H]2CCCN2S(=O)(=O)c2cccs2)cn1. The van der Waals surface area contributed by atoms with Crippen molar-refractivity contribution >= 4 is 27.1 Å². The molecule has 22 heavy (non-hydrogen) atoms. The zero-order valence-corrected chi connectivity index (χ0v) is 13.8. The van der Waals surface area contributed by atoms with E-state index in [0.29, 0.717) is 16.3 Å². The summed E-state index contributed by atoms with van der Waals surface area (Å²) < 4.78 is 28.7. The standard InChI is InChI=1S/C14H17N3O3S2/c1-16-10-11(9-15-16)13(18)8-12-4-2-6-17(12)22(19,20)14-5-3-7-21-14/h3,5,7,9-10,12H,2,4,6,8H2,1H3/t12-/m0/s1. The van der Waals surface area contributed by atoms with Crippen LogP contribution in [0.2, 0.25) is 0 Å². The van der Waals surface area contributed by atoms with E-state index in [9.17, 15) is 13.2 Å². The zero-order chi connectivity index (χ0) is 15.7. The quantitative estimate of drug-likeness (QED) is 0.780. The molecule has 0 radical (unpaired) electrons. The fourth-order valence-corrected chi connectivity index (χ4v) is 5.56. The summed E-state index contributed by atoms with van der Waals surface area (Å²) in [6, 6.07) is 3.07. The number of hydrogen-bond donors (Lipinski definition) is 0. The van der Waals surface area contributed by atoms with Crippen LogP contribution in [0.5, 0.6) is 0 Å². The highest BCUT2D eigenvalue weighted by Gasteiger charge is 2.37. The number of nitrogens with zero attached hydrogens (tertiary/aromatic N) is 3. The molecule has 1 aliphatic heterocycles. The summed E-state index contributed by atoms with van der Waals surface area (Å²) in [7, 11) is -1.74. The number of ketones is 1. The highest BCUT2D eigenvalue weighted by molar-refractivity contribution is 7.91. The van der Waals surface area contributed by atoms with Crippen molar-refractivity contribution in [2.45, 2.75) is 29.5 Å². The van der Waals surface area contributed by atoms with E-state index in [-0.39, 0.29) is 18.2 Å². The number of sulfonamides is 1. The third kappa shape index (κ3) is 2.86. The van der Waals surface area contributed by atoms with Crippen molar-refractivity contribution in [3.63, 3.8) is 0 Å². The van der Waals surface area contributed by atoms with Crippen molar-refractivity contribution < 1.29 is 13.2 Å². The van der Waals surface area contributed by atoms with Crippen LogP contribution in [-0.2, 0) is 17.1 Å². The van der Waals surface area contributed by atoms with Crippen LogP contribution in [0.4, 0.5) is 0 Å². The molecule has 0 aliphatic carbocycles. The van der Waals surface area contributed by atoms with Crippen LogP contribution in [0.15, 0.2) is 34.1 Å². The third-order valence-corrected chi connectivity index (χ3v) is 7.15. The van der Waals surface area contributed by atoms with Crippen molar-refractivity contribution in [3.05, 3.63) is 35.5 Å². The summed E-state index contributed by atoms with van der Waals surface area (Å²) in [6.07, 6.45) is 4.90. The lowest BCUT2D eigenvalue weighted by Crippen LogP contribution is -2.36. The maximum atomic E-state index is 12.6. The van der Waals surface area contributed by atoms with E-state index in [2.05, 4.69) is 5.10 Å². The molecule has 0 bridgehead atoms. The van der Waals surface area contributed by atoms with Crippen LogP contribution in [0.1, 0.15) is 29.6 Å². The van der Waals surface area contributed by atoms with Gasteiger partial charge in [-0.1, -0.05) is 6.07 Å². The first-order valence-corrected chi connectivity index (χ1v) is 9.37. The van der Waals surface area contributed by atoms with Crippen molar-refractivity contribution in [1.82, 2.24) is 14.1 Å². The molecule has 1 aliphatic rings. The topological polar surface area (TPSA) is 72.3 Å². The molecule has 3 rings (SSSR count). The Labute approximate surface area is 133 Å². The van der Waals surface area contributed by atoms with Gasteiger partial charge in [0.15, 0.2) is 5.78 Å². The summed E-state index contributed by atoms with van der Waals surface area (Å²) in [5.41, 5.74) is 0.530. The fourth-order valence-electron chi connectivity index (χ4n) is 2.75. The van der Waals surface area contributed by atoms with Crippen molar-refractivity contribution in [3.8, 4) is 0 Å². The molecule has 118 valence electrons. The second-order valence-electron chi connectivity index (χ2n) is 5.37. The van der Waals surface area contributed by atoms with Crippen molar-refractivity contribution in [2.24, 2.45) is 7.05 Å². The second-order valence-corrected chi connectivity index (χ2v) is 8.44. The van der Waals surface area contributed by atoms with Gasteiger partial charge in [0.25, 0.3) is 10.0 Å². The number of aryl methyl sites for hydroxylation is 1. The van der Waals surface area contributed by atoms with Crippen molar-refractivity contribution in [1.29, 1.82) is 0 Å². The molecule has 0 N–H and O–H groups in total. The van der Waals surface area contributed by atoms with Gasteiger partial charge in [0, 0.05) is 32.3 Å². The number of rotatable bonds is 5. The Bertz CT molecular complexity index is 765. The van der Waals surface area contributed by atoms with E-state index < -0.39 is 10.0 Å². The molecule has 1 atom stereocenters. The first kappa shape index (κ1) is 15.4. The average Bonchev–Trinajstić information content (AvgIpc) is 3.19. The van der Waals surface area contributed by atoms with Gasteiger partial charge in [0.2, 0.25) is 0 Å². The molecule has 0 amide bonds. The summed E-state index contributed by atoms with van der Waals surface area (Å²) in [6.45, 7) is 0.477. The Hall–Kier alpha value is -1.51. The lowest BCUT2D eigenvalue weighted by molar-refractivity contribution is 0.0961. The molecular formula is C14H17N3O3S2. The monoisotopic (exact) mass is 339 g/mol. The van der Waals surface area contributed by atoms with Gasteiger partial charge in [0.1, 0.15) is 4.21 Å². The van der Waals surface area contributed by atoms with Crippen molar-refractivity contribution in [2.75, 3.05) is 6.54 Å². The van der Waals surface area contributed by atoms with Gasteiger partial charge in [-0.2, -0.15) is 9.40 Å². The number of thiophene rings is 1. The molecule has 1 fully saturated rings. The van der Waals surface area contributed by atoms with Gasteiger partial charge < -0.3 is 0 Å². The van der Waals surface area contributed by atoms with Gasteiger partial charge in [0.05, 0.1) is 11.8 Å². The molecule has 0 saturated carbocycles. The lowest BCUT2D eigenvalue weighted by atomic mass is 10.1. The first-order chi connectivity index (χ1) is 10.5. The van der Waals surface area contributed by atoms with E-state index in [1.165, 1.54) is 21.8 Å². The van der Waals surface area contributed by atoms with Gasteiger partial charge in [-0.3, -0.25) is 9.48 Å². The van der Waals surface area contributed by atoms with E-state index in [1.54, 1.807) is 35.4 Å². The molecule has 8 heteroatoms. The van der Waals surface area contributed by atoms with Gasteiger partial charge in [-0.05, 0) is 24.3 Å². The molecule has 3 heterocycles. The minimum atomic E-state index is -3.49. The lowest BCUT2D eigenvalue weighted by Gasteiger charge is -2.22. The minimum absolute atomic E-state index is 0.0635. The maximum Gasteiger partial charge on any atom is 0.252 e. The number of Topliss-reactive ketones (excluding diaryl/α,β-unsaturated/α-hetero) is 1. The largest absolute Gasteiger partial charge is 0.294 e. The molecule has 1 saturated heterocycles.